The zero-order valence-corrected chi connectivity index (χ0v) is 16.6. The van der Waals surface area contributed by atoms with Crippen LogP contribution in [0.5, 0.6) is 0 Å². The van der Waals surface area contributed by atoms with Gasteiger partial charge in [0, 0.05) is 23.5 Å². The molecule has 0 unspecified atom stereocenters. The van der Waals surface area contributed by atoms with E-state index in [1.807, 2.05) is 56.5 Å². The maximum atomic E-state index is 12.5. The first-order valence-electron chi connectivity index (χ1n) is 8.97. The fourth-order valence-electron chi connectivity index (χ4n) is 3.10. The molecule has 0 N–H and O–H groups in total. The van der Waals surface area contributed by atoms with Crippen molar-refractivity contribution in [2.45, 2.75) is 33.6 Å². The summed E-state index contributed by atoms with van der Waals surface area (Å²) in [6, 6.07) is 13.7. The highest BCUT2D eigenvalue weighted by molar-refractivity contribution is 7.12. The minimum atomic E-state index is -0.343. The van der Waals surface area contributed by atoms with Gasteiger partial charge >= 0.3 is 5.97 Å². The number of hydrogen-bond acceptors (Lipinski definition) is 4. The van der Waals surface area contributed by atoms with E-state index in [9.17, 15) is 9.59 Å². The highest BCUT2D eigenvalue weighted by Crippen LogP contribution is 2.22. The summed E-state index contributed by atoms with van der Waals surface area (Å²) < 4.78 is 7.45. The Labute approximate surface area is 163 Å². The lowest BCUT2D eigenvalue weighted by molar-refractivity contribution is 0.0493. The molecule has 0 aliphatic rings. The summed E-state index contributed by atoms with van der Waals surface area (Å²) in [6.07, 6.45) is 0.912. The topological polar surface area (TPSA) is 48.3 Å². The van der Waals surface area contributed by atoms with Crippen molar-refractivity contribution in [1.29, 1.82) is 0 Å². The normalized spacial score (nSPS) is 10.8. The van der Waals surface area contributed by atoms with E-state index >= 15 is 0 Å². The van der Waals surface area contributed by atoms with Crippen LogP contribution < -0.4 is 0 Å². The zero-order valence-electron chi connectivity index (χ0n) is 15.8. The molecule has 140 valence electrons. The highest BCUT2D eigenvalue weighted by atomic mass is 32.1. The van der Waals surface area contributed by atoms with Crippen LogP contribution in [-0.2, 0) is 4.74 Å². The number of rotatable bonds is 7. The average Bonchev–Trinajstić information content (AvgIpc) is 3.28. The lowest BCUT2D eigenvalue weighted by Gasteiger charge is -2.10. The third-order valence-corrected chi connectivity index (χ3v) is 5.43. The van der Waals surface area contributed by atoms with Crippen LogP contribution in [0, 0.1) is 20.8 Å². The minimum Gasteiger partial charge on any atom is -0.462 e. The Balaban J connectivity index is 1.61. The predicted molar refractivity (Wildman–Crippen MR) is 108 cm³/mol. The number of nitrogens with zero attached hydrogens (tertiary/aromatic N) is 1. The molecule has 0 saturated heterocycles. The fraction of sp³-hybridized carbons (Fsp3) is 0.273. The van der Waals surface area contributed by atoms with Crippen LogP contribution in [0.2, 0.25) is 0 Å². The second kappa shape index (κ2) is 8.35. The van der Waals surface area contributed by atoms with E-state index in [1.54, 1.807) is 0 Å². The molecule has 0 aliphatic carbocycles. The van der Waals surface area contributed by atoms with Crippen molar-refractivity contribution in [3.63, 3.8) is 0 Å². The molecule has 0 saturated carbocycles. The summed E-state index contributed by atoms with van der Waals surface area (Å²) in [6.45, 7) is 6.18. The largest absolute Gasteiger partial charge is 0.462 e. The molecule has 1 aromatic carbocycles. The summed E-state index contributed by atoms with van der Waals surface area (Å²) >= 11 is 1.44. The van der Waals surface area contributed by atoms with Gasteiger partial charge in [0.2, 0.25) is 0 Å². The Morgan fingerprint density at radius 3 is 2.48 bits per heavy atom. The third kappa shape index (κ3) is 4.37. The van der Waals surface area contributed by atoms with Crippen molar-refractivity contribution in [2.75, 3.05) is 6.61 Å². The van der Waals surface area contributed by atoms with Crippen molar-refractivity contribution >= 4 is 23.1 Å². The first-order chi connectivity index (χ1) is 13.0. The number of hydrogen-bond donors (Lipinski definition) is 0. The molecule has 0 atom stereocenters. The van der Waals surface area contributed by atoms with Crippen molar-refractivity contribution in [3.8, 4) is 5.69 Å². The maximum absolute atomic E-state index is 12.5. The Morgan fingerprint density at radius 1 is 1.07 bits per heavy atom. The van der Waals surface area contributed by atoms with Gasteiger partial charge in [-0.25, -0.2) is 4.79 Å². The SMILES string of the molecule is Cc1ccc(-n2c(C)cc(C(=O)OCCCC(=O)c3cccs3)c2C)cc1. The van der Waals surface area contributed by atoms with Gasteiger partial charge in [-0.15, -0.1) is 11.3 Å². The van der Waals surface area contributed by atoms with Gasteiger partial charge in [0.1, 0.15) is 0 Å². The molecule has 0 fully saturated rings. The van der Waals surface area contributed by atoms with E-state index in [4.69, 9.17) is 4.74 Å². The molecule has 0 radical (unpaired) electrons. The Morgan fingerprint density at radius 2 is 1.81 bits per heavy atom. The van der Waals surface area contributed by atoms with Gasteiger partial charge < -0.3 is 9.30 Å². The molecule has 2 aromatic heterocycles. The van der Waals surface area contributed by atoms with Crippen molar-refractivity contribution in [3.05, 3.63) is 75.2 Å². The molecule has 4 nitrogen and oxygen atoms in total. The van der Waals surface area contributed by atoms with Gasteiger partial charge in [0.05, 0.1) is 17.0 Å². The number of esters is 1. The first kappa shape index (κ1) is 19.1. The number of ether oxygens (including phenoxy) is 1. The molecule has 0 spiro atoms. The van der Waals surface area contributed by atoms with Gasteiger partial charge in [0.15, 0.2) is 5.78 Å². The Hall–Kier alpha value is -2.66. The molecule has 3 aromatic rings. The molecule has 3 rings (SSSR count). The van der Waals surface area contributed by atoms with E-state index in [0.717, 1.165) is 22.0 Å². The van der Waals surface area contributed by atoms with Crippen LogP contribution in [0.3, 0.4) is 0 Å². The van der Waals surface area contributed by atoms with Gasteiger partial charge in [-0.1, -0.05) is 23.8 Å². The molecular formula is C22H23NO3S. The first-order valence-corrected chi connectivity index (χ1v) is 9.85. The summed E-state index contributed by atoms with van der Waals surface area (Å²) in [5.41, 5.74) is 4.62. The van der Waals surface area contributed by atoms with Gasteiger partial charge in [-0.3, -0.25) is 4.79 Å². The summed E-state index contributed by atoms with van der Waals surface area (Å²) in [5, 5.41) is 1.89. The molecule has 5 heteroatoms. The summed E-state index contributed by atoms with van der Waals surface area (Å²) in [4.78, 5) is 25.2. The van der Waals surface area contributed by atoms with Crippen LogP contribution in [-0.4, -0.2) is 22.9 Å². The molecule has 0 aliphatic heterocycles. The average molecular weight is 381 g/mol. The van der Waals surface area contributed by atoms with Gasteiger partial charge in [0.25, 0.3) is 0 Å². The monoisotopic (exact) mass is 381 g/mol. The zero-order chi connectivity index (χ0) is 19.4. The van der Waals surface area contributed by atoms with Crippen LogP contribution in [0.15, 0.2) is 47.8 Å². The number of Topliss-reactive ketones (excluding diaryl/α,β-unsaturated/α-hetero) is 1. The van der Waals surface area contributed by atoms with Crippen molar-refractivity contribution in [2.24, 2.45) is 0 Å². The number of aromatic nitrogens is 1. The second-order valence-electron chi connectivity index (χ2n) is 6.60. The van der Waals surface area contributed by atoms with Gasteiger partial charge in [-0.05, 0) is 56.8 Å². The smallest absolute Gasteiger partial charge is 0.339 e. The summed E-state index contributed by atoms with van der Waals surface area (Å²) in [5.74, 6) is -0.247. The lowest BCUT2D eigenvalue weighted by Crippen LogP contribution is -2.09. The van der Waals surface area contributed by atoms with E-state index in [2.05, 4.69) is 16.7 Å². The van der Waals surface area contributed by atoms with E-state index < -0.39 is 0 Å². The van der Waals surface area contributed by atoms with Crippen LogP contribution in [0.4, 0.5) is 0 Å². The molecule has 0 bridgehead atoms. The third-order valence-electron chi connectivity index (χ3n) is 4.52. The minimum absolute atomic E-state index is 0.0959. The van der Waals surface area contributed by atoms with Gasteiger partial charge in [-0.2, -0.15) is 0 Å². The van der Waals surface area contributed by atoms with E-state index in [0.29, 0.717) is 18.4 Å². The number of aryl methyl sites for hydroxylation is 2. The fourth-order valence-corrected chi connectivity index (χ4v) is 3.79. The van der Waals surface area contributed by atoms with Crippen LogP contribution >= 0.6 is 11.3 Å². The Kier molecular flexibility index (Phi) is 5.91. The van der Waals surface area contributed by atoms with Crippen molar-refractivity contribution in [1.82, 2.24) is 4.57 Å². The molecule has 27 heavy (non-hydrogen) atoms. The van der Waals surface area contributed by atoms with Crippen LogP contribution in [0.1, 0.15) is 49.8 Å². The maximum Gasteiger partial charge on any atom is 0.339 e. The highest BCUT2D eigenvalue weighted by Gasteiger charge is 2.18. The number of thiophene rings is 1. The standard InChI is InChI=1S/C22H23NO3S/c1-15-8-10-18(11-9-15)23-16(2)14-19(17(23)3)22(25)26-12-4-6-20(24)21-7-5-13-27-21/h5,7-11,13-14H,4,6,12H2,1-3H3. The number of carbonyl (C=O) groups is 2. The number of carbonyl (C=O) groups excluding carboxylic acids is 2. The van der Waals surface area contributed by atoms with Crippen molar-refractivity contribution < 1.29 is 14.3 Å². The predicted octanol–water partition coefficient (Wildman–Crippen LogP) is 5.28. The molecule has 0 amide bonds. The lowest BCUT2D eigenvalue weighted by atomic mass is 10.2. The second-order valence-corrected chi connectivity index (χ2v) is 7.54. The molecule has 2 heterocycles. The molecular weight excluding hydrogens is 358 g/mol. The quantitative estimate of drug-likeness (QED) is 0.318. The van der Waals surface area contributed by atoms with Crippen LogP contribution in [0.25, 0.3) is 5.69 Å². The van der Waals surface area contributed by atoms with E-state index in [-0.39, 0.29) is 18.4 Å². The number of benzene rings is 1. The van der Waals surface area contributed by atoms with E-state index in [1.165, 1.54) is 16.9 Å². The summed E-state index contributed by atoms with van der Waals surface area (Å²) in [7, 11) is 0. The number of ketones is 1. The Bertz CT molecular complexity index is 937.